The van der Waals surface area contributed by atoms with Crippen molar-refractivity contribution in [2.75, 3.05) is 11.9 Å². The molecular weight excluding hydrogens is 542 g/mol. The highest BCUT2D eigenvalue weighted by atomic mass is 127. The zero-order valence-electron chi connectivity index (χ0n) is 18.2. The van der Waals surface area contributed by atoms with Gasteiger partial charge in [0.15, 0.2) is 5.82 Å². The van der Waals surface area contributed by atoms with Crippen molar-refractivity contribution < 1.29 is 13.9 Å². The molecular formula is C23H24FIN4O2S. The van der Waals surface area contributed by atoms with Crippen LogP contribution in [0.25, 0.3) is 10.7 Å². The molecule has 2 aliphatic rings. The zero-order valence-corrected chi connectivity index (χ0v) is 21.1. The predicted molar refractivity (Wildman–Crippen MR) is 131 cm³/mol. The monoisotopic (exact) mass is 566 g/mol. The van der Waals surface area contributed by atoms with Crippen molar-refractivity contribution in [3.63, 3.8) is 0 Å². The van der Waals surface area contributed by atoms with Crippen molar-refractivity contribution in [2.45, 2.75) is 52.5 Å². The molecule has 32 heavy (non-hydrogen) atoms. The Morgan fingerprint density at radius 1 is 1.38 bits per heavy atom. The number of benzene rings is 1. The van der Waals surface area contributed by atoms with E-state index in [0.717, 1.165) is 45.0 Å². The van der Waals surface area contributed by atoms with Crippen LogP contribution in [0.15, 0.2) is 18.2 Å². The maximum absolute atomic E-state index is 14.6. The topological polar surface area (TPSA) is 69.0 Å². The molecule has 1 fully saturated rings. The van der Waals surface area contributed by atoms with Gasteiger partial charge in [-0.2, -0.15) is 0 Å². The van der Waals surface area contributed by atoms with E-state index in [9.17, 15) is 9.18 Å². The molecule has 0 saturated heterocycles. The first-order chi connectivity index (χ1) is 15.3. The van der Waals surface area contributed by atoms with Gasteiger partial charge in [-0.1, -0.05) is 13.8 Å². The number of ether oxygens (including phenoxy) is 1. The number of carbonyl (C=O) groups is 1. The fourth-order valence-electron chi connectivity index (χ4n) is 4.28. The van der Waals surface area contributed by atoms with Crippen LogP contribution in [0.4, 0.5) is 15.1 Å². The summed E-state index contributed by atoms with van der Waals surface area (Å²) in [6.07, 6.45) is 2.98. The Hall–Kier alpha value is -2.01. The summed E-state index contributed by atoms with van der Waals surface area (Å²) < 4.78 is 23.1. The lowest BCUT2D eigenvalue weighted by atomic mass is 9.85. The predicted octanol–water partition coefficient (Wildman–Crippen LogP) is 6.13. The molecule has 2 aromatic heterocycles. The Morgan fingerprint density at radius 3 is 2.84 bits per heavy atom. The van der Waals surface area contributed by atoms with E-state index in [1.807, 2.05) is 6.07 Å². The number of anilines is 2. The van der Waals surface area contributed by atoms with Gasteiger partial charge in [0.2, 0.25) is 0 Å². The van der Waals surface area contributed by atoms with Crippen LogP contribution in [-0.4, -0.2) is 27.3 Å². The lowest BCUT2D eigenvalue weighted by Crippen LogP contribution is -2.23. The van der Waals surface area contributed by atoms with E-state index in [-0.39, 0.29) is 17.8 Å². The summed E-state index contributed by atoms with van der Waals surface area (Å²) in [4.78, 5) is 14.0. The normalized spacial score (nSPS) is 16.8. The first kappa shape index (κ1) is 21.8. The summed E-state index contributed by atoms with van der Waals surface area (Å²) in [5, 5.41) is 12.8. The molecule has 0 bridgehead atoms. The van der Waals surface area contributed by atoms with Crippen LogP contribution >= 0.6 is 33.9 Å². The lowest BCUT2D eigenvalue weighted by Gasteiger charge is -2.24. The molecule has 1 aliphatic carbocycles. The number of fused-ring (bicyclic) bond motifs is 3. The average molecular weight is 566 g/mol. The third kappa shape index (κ3) is 3.93. The zero-order chi connectivity index (χ0) is 22.6. The standard InChI is InChI=1S/C23H24FIN4O2S/c1-4-31-22(30)17-14-10-23(2,3)11-29-19(12-5-6-12)27-28-20(29)18(14)32-21(17)26-16-8-7-13(25)9-15(16)24/h7-9,12,26H,4-6,10-11H2,1-3H3. The number of hydrogen-bond acceptors (Lipinski definition) is 6. The van der Waals surface area contributed by atoms with Crippen molar-refractivity contribution in [3.05, 3.63) is 44.5 Å². The van der Waals surface area contributed by atoms with E-state index in [2.05, 4.69) is 56.5 Å². The molecule has 5 rings (SSSR count). The summed E-state index contributed by atoms with van der Waals surface area (Å²) in [6.45, 7) is 7.24. The van der Waals surface area contributed by atoms with Gasteiger partial charge in [0.05, 0.1) is 22.7 Å². The molecule has 168 valence electrons. The number of nitrogens with zero attached hydrogens (tertiary/aromatic N) is 3. The minimum atomic E-state index is -0.399. The number of halogens is 2. The molecule has 9 heteroatoms. The molecule has 3 aromatic rings. The maximum atomic E-state index is 14.6. The number of thiophene rings is 1. The first-order valence-corrected chi connectivity index (χ1v) is 12.7. The minimum Gasteiger partial charge on any atom is -0.462 e. The average Bonchev–Trinajstić information content (AvgIpc) is 3.41. The van der Waals surface area contributed by atoms with Gasteiger partial charge >= 0.3 is 5.97 Å². The minimum absolute atomic E-state index is 0.111. The number of carbonyl (C=O) groups excluding carboxylic acids is 1. The van der Waals surface area contributed by atoms with Gasteiger partial charge in [-0.25, -0.2) is 9.18 Å². The number of hydrogen-bond donors (Lipinski definition) is 1. The van der Waals surface area contributed by atoms with Crippen LogP contribution < -0.4 is 5.32 Å². The van der Waals surface area contributed by atoms with Gasteiger partial charge in [0.25, 0.3) is 0 Å². The highest BCUT2D eigenvalue weighted by molar-refractivity contribution is 14.1. The summed E-state index contributed by atoms with van der Waals surface area (Å²) in [7, 11) is 0. The third-order valence-electron chi connectivity index (χ3n) is 5.83. The van der Waals surface area contributed by atoms with Crippen molar-refractivity contribution in [3.8, 4) is 10.7 Å². The molecule has 0 amide bonds. The van der Waals surface area contributed by atoms with Crippen LogP contribution in [-0.2, 0) is 17.7 Å². The van der Waals surface area contributed by atoms with E-state index in [0.29, 0.717) is 28.6 Å². The third-order valence-corrected chi connectivity index (χ3v) is 7.65. The van der Waals surface area contributed by atoms with Crippen LogP contribution in [0.3, 0.4) is 0 Å². The SMILES string of the molecule is CCOC(=O)c1c(Nc2ccc(I)cc2F)sc2c1CC(C)(C)Cn1c-2nnc1C1CC1. The van der Waals surface area contributed by atoms with Crippen LogP contribution in [0, 0.1) is 14.8 Å². The Kier molecular flexibility index (Phi) is 5.51. The molecule has 1 aromatic carbocycles. The number of esters is 1. The largest absolute Gasteiger partial charge is 0.462 e. The quantitative estimate of drug-likeness (QED) is 0.297. The van der Waals surface area contributed by atoms with Crippen molar-refractivity contribution in [1.29, 1.82) is 0 Å². The van der Waals surface area contributed by atoms with Crippen molar-refractivity contribution in [2.24, 2.45) is 5.41 Å². The molecule has 0 atom stereocenters. The Morgan fingerprint density at radius 2 is 2.16 bits per heavy atom. The lowest BCUT2D eigenvalue weighted by molar-refractivity contribution is 0.0526. The smallest absolute Gasteiger partial charge is 0.341 e. The highest BCUT2D eigenvalue weighted by Gasteiger charge is 2.39. The molecule has 1 aliphatic heterocycles. The Bertz CT molecular complexity index is 1220. The van der Waals surface area contributed by atoms with Gasteiger partial charge in [-0.15, -0.1) is 21.5 Å². The summed E-state index contributed by atoms with van der Waals surface area (Å²) in [5.74, 6) is 1.53. The summed E-state index contributed by atoms with van der Waals surface area (Å²) in [6, 6.07) is 4.98. The first-order valence-electron chi connectivity index (χ1n) is 10.8. The van der Waals surface area contributed by atoms with Crippen molar-refractivity contribution >= 4 is 50.6 Å². The van der Waals surface area contributed by atoms with Gasteiger partial charge in [0.1, 0.15) is 16.6 Å². The van der Waals surface area contributed by atoms with Crippen LogP contribution in [0.1, 0.15) is 61.3 Å². The van der Waals surface area contributed by atoms with Gasteiger partial charge in [0, 0.05) is 16.0 Å². The Balaban J connectivity index is 1.68. The van der Waals surface area contributed by atoms with E-state index in [4.69, 9.17) is 4.74 Å². The number of aromatic nitrogens is 3. The molecule has 0 radical (unpaired) electrons. The summed E-state index contributed by atoms with van der Waals surface area (Å²) >= 11 is 3.50. The van der Waals surface area contributed by atoms with Crippen LogP contribution in [0.5, 0.6) is 0 Å². The molecule has 1 N–H and O–H groups in total. The molecule has 3 heterocycles. The molecule has 0 spiro atoms. The second kappa shape index (κ2) is 8.09. The maximum Gasteiger partial charge on any atom is 0.341 e. The van der Waals surface area contributed by atoms with Crippen LogP contribution in [0.2, 0.25) is 0 Å². The van der Waals surface area contributed by atoms with E-state index >= 15 is 0 Å². The van der Waals surface area contributed by atoms with E-state index < -0.39 is 5.97 Å². The fourth-order valence-corrected chi connectivity index (χ4v) is 5.95. The van der Waals surface area contributed by atoms with Gasteiger partial charge in [-0.3, -0.25) is 0 Å². The fraction of sp³-hybridized carbons (Fsp3) is 0.435. The van der Waals surface area contributed by atoms with Gasteiger partial charge in [-0.05, 0) is 78.0 Å². The Labute approximate surface area is 203 Å². The number of nitrogens with one attached hydrogen (secondary N) is 1. The number of rotatable bonds is 5. The molecule has 6 nitrogen and oxygen atoms in total. The van der Waals surface area contributed by atoms with Crippen molar-refractivity contribution in [1.82, 2.24) is 14.8 Å². The summed E-state index contributed by atoms with van der Waals surface area (Å²) in [5.41, 5.74) is 1.59. The second-order valence-corrected chi connectivity index (χ2v) is 11.4. The van der Waals surface area contributed by atoms with E-state index in [1.165, 1.54) is 17.4 Å². The second-order valence-electron chi connectivity index (χ2n) is 9.17. The molecule has 0 unspecified atom stereocenters. The molecule has 1 saturated carbocycles. The van der Waals surface area contributed by atoms with Gasteiger partial charge < -0.3 is 14.6 Å². The highest BCUT2D eigenvalue weighted by Crippen LogP contribution is 2.49. The van der Waals surface area contributed by atoms with E-state index in [1.54, 1.807) is 13.0 Å².